The first-order valence-corrected chi connectivity index (χ1v) is 9.49. The Kier molecular flexibility index (Phi) is 7.09. The van der Waals surface area contributed by atoms with E-state index in [1.54, 1.807) is 49.7 Å². The molecule has 0 aliphatic rings. The largest absolute Gasteiger partial charge is 0.495 e. The number of nitrogens with zero attached hydrogens (tertiary/aromatic N) is 1. The maximum absolute atomic E-state index is 13.8. The summed E-state index contributed by atoms with van der Waals surface area (Å²) in [6.45, 7) is 2.48. The molecule has 0 radical (unpaired) electrons. The minimum absolute atomic E-state index is 0.116. The van der Waals surface area contributed by atoms with E-state index in [1.165, 1.54) is 6.07 Å². The fraction of sp³-hybridized carbons (Fsp3) is 0.174. The number of halogens is 2. The van der Waals surface area contributed by atoms with Crippen LogP contribution in [0.4, 0.5) is 10.1 Å². The zero-order valence-corrected chi connectivity index (χ0v) is 16.9. The normalized spacial score (nSPS) is 10.9. The lowest BCUT2D eigenvalue weighted by Crippen LogP contribution is -2.01. The first kappa shape index (κ1) is 20.7. The molecule has 150 valence electrons. The molecule has 0 N–H and O–H groups in total. The van der Waals surface area contributed by atoms with Crippen LogP contribution in [0.3, 0.4) is 0 Å². The van der Waals surface area contributed by atoms with Crippen molar-refractivity contribution >= 4 is 23.5 Å². The van der Waals surface area contributed by atoms with Crippen LogP contribution in [0.1, 0.15) is 18.1 Å². The van der Waals surface area contributed by atoms with E-state index in [4.69, 9.17) is 25.8 Å². The second-order valence-corrected chi connectivity index (χ2v) is 6.50. The monoisotopic (exact) mass is 413 g/mol. The first-order chi connectivity index (χ1) is 14.1. The zero-order valence-electron chi connectivity index (χ0n) is 16.2. The second-order valence-electron chi connectivity index (χ2n) is 6.10. The van der Waals surface area contributed by atoms with E-state index in [2.05, 4.69) is 4.99 Å². The molecule has 0 unspecified atom stereocenters. The lowest BCUT2D eigenvalue weighted by Gasteiger charge is -2.13. The topological polar surface area (TPSA) is 40.0 Å². The van der Waals surface area contributed by atoms with Gasteiger partial charge in [-0.05, 0) is 55.0 Å². The summed E-state index contributed by atoms with van der Waals surface area (Å²) in [5.74, 6) is 1.41. The molecule has 0 amide bonds. The summed E-state index contributed by atoms with van der Waals surface area (Å²) in [6.07, 6.45) is 1.71. The molecule has 0 aliphatic heterocycles. The Labute approximate surface area is 174 Å². The number of hydrogen-bond donors (Lipinski definition) is 0. The Hall–Kier alpha value is -3.05. The number of aliphatic imine (C=N–C) groups is 1. The maximum atomic E-state index is 13.8. The molecule has 0 heterocycles. The molecule has 0 bridgehead atoms. The maximum Gasteiger partial charge on any atom is 0.161 e. The standard InChI is InChI=1S/C23H21ClFNO3/c1-3-28-23-12-16(14-26-18-9-11-21(27-2)19(24)13-18)8-10-22(23)29-15-17-6-4-5-7-20(17)25/h4-14H,3,15H2,1-2H3. The van der Waals surface area contributed by atoms with Gasteiger partial charge in [-0.2, -0.15) is 0 Å². The van der Waals surface area contributed by atoms with Crippen molar-refractivity contribution in [2.45, 2.75) is 13.5 Å². The third-order valence-electron chi connectivity index (χ3n) is 4.11. The highest BCUT2D eigenvalue weighted by molar-refractivity contribution is 6.32. The van der Waals surface area contributed by atoms with Crippen LogP contribution in [0.15, 0.2) is 65.7 Å². The van der Waals surface area contributed by atoms with E-state index in [0.717, 1.165) is 5.56 Å². The minimum Gasteiger partial charge on any atom is -0.495 e. The van der Waals surface area contributed by atoms with Crippen molar-refractivity contribution in [2.75, 3.05) is 13.7 Å². The third-order valence-corrected chi connectivity index (χ3v) is 4.40. The summed E-state index contributed by atoms with van der Waals surface area (Å²) in [5, 5.41) is 0.494. The van der Waals surface area contributed by atoms with E-state index in [9.17, 15) is 4.39 Å². The average molecular weight is 414 g/mol. The van der Waals surface area contributed by atoms with Gasteiger partial charge in [-0.15, -0.1) is 0 Å². The Bertz CT molecular complexity index is 1010. The number of benzene rings is 3. The average Bonchev–Trinajstić information content (AvgIpc) is 2.73. The van der Waals surface area contributed by atoms with Crippen LogP contribution in [-0.4, -0.2) is 19.9 Å². The van der Waals surface area contributed by atoms with Crippen LogP contribution < -0.4 is 14.2 Å². The molecular formula is C23H21ClFNO3. The van der Waals surface area contributed by atoms with Gasteiger partial charge in [0, 0.05) is 11.8 Å². The van der Waals surface area contributed by atoms with E-state index >= 15 is 0 Å². The summed E-state index contributed by atoms with van der Waals surface area (Å²) in [4.78, 5) is 4.44. The molecular weight excluding hydrogens is 393 g/mol. The molecule has 0 aliphatic carbocycles. The van der Waals surface area contributed by atoms with Gasteiger partial charge in [0.2, 0.25) is 0 Å². The lowest BCUT2D eigenvalue weighted by molar-refractivity contribution is 0.266. The summed E-state index contributed by atoms with van der Waals surface area (Å²) >= 11 is 6.13. The lowest BCUT2D eigenvalue weighted by atomic mass is 10.2. The van der Waals surface area contributed by atoms with Crippen molar-refractivity contribution in [1.29, 1.82) is 0 Å². The van der Waals surface area contributed by atoms with Crippen molar-refractivity contribution in [2.24, 2.45) is 4.99 Å². The van der Waals surface area contributed by atoms with Crippen molar-refractivity contribution in [1.82, 2.24) is 0 Å². The van der Waals surface area contributed by atoms with E-state index in [0.29, 0.717) is 40.1 Å². The van der Waals surface area contributed by atoms with Crippen LogP contribution in [0.25, 0.3) is 0 Å². The van der Waals surface area contributed by atoms with E-state index in [-0.39, 0.29) is 12.4 Å². The van der Waals surface area contributed by atoms with Gasteiger partial charge >= 0.3 is 0 Å². The van der Waals surface area contributed by atoms with Gasteiger partial charge in [0.1, 0.15) is 18.2 Å². The molecule has 29 heavy (non-hydrogen) atoms. The highest BCUT2D eigenvalue weighted by atomic mass is 35.5. The Morgan fingerprint density at radius 3 is 2.48 bits per heavy atom. The molecule has 4 nitrogen and oxygen atoms in total. The minimum atomic E-state index is -0.299. The predicted octanol–water partition coefficient (Wildman–Crippen LogP) is 6.22. The second kappa shape index (κ2) is 9.94. The summed E-state index contributed by atoms with van der Waals surface area (Å²) < 4.78 is 30.4. The van der Waals surface area contributed by atoms with Crippen molar-refractivity contribution in [3.63, 3.8) is 0 Å². The SMILES string of the molecule is CCOc1cc(C=Nc2ccc(OC)c(Cl)c2)ccc1OCc1ccccc1F. The predicted molar refractivity (Wildman–Crippen MR) is 114 cm³/mol. The third kappa shape index (κ3) is 5.48. The Balaban J connectivity index is 1.76. The van der Waals surface area contributed by atoms with Crippen LogP contribution in [0.5, 0.6) is 17.2 Å². The molecule has 3 rings (SSSR count). The van der Waals surface area contributed by atoms with Gasteiger partial charge in [-0.25, -0.2) is 4.39 Å². The van der Waals surface area contributed by atoms with Gasteiger partial charge in [-0.1, -0.05) is 29.8 Å². The van der Waals surface area contributed by atoms with Crippen molar-refractivity contribution < 1.29 is 18.6 Å². The van der Waals surface area contributed by atoms with Crippen LogP contribution in [0.2, 0.25) is 5.02 Å². The Morgan fingerprint density at radius 1 is 0.966 bits per heavy atom. The highest BCUT2D eigenvalue weighted by Crippen LogP contribution is 2.31. The number of hydrogen-bond acceptors (Lipinski definition) is 4. The van der Waals surface area contributed by atoms with Gasteiger partial charge in [0.25, 0.3) is 0 Å². The molecule has 0 atom stereocenters. The summed E-state index contributed by atoms with van der Waals surface area (Å²) in [5.41, 5.74) is 2.02. The van der Waals surface area contributed by atoms with Crippen molar-refractivity contribution in [3.05, 3.63) is 82.6 Å². The molecule has 3 aromatic carbocycles. The van der Waals surface area contributed by atoms with E-state index < -0.39 is 0 Å². The fourth-order valence-electron chi connectivity index (χ4n) is 2.65. The molecule has 0 saturated carbocycles. The Morgan fingerprint density at radius 2 is 1.76 bits per heavy atom. The van der Waals surface area contributed by atoms with Crippen LogP contribution in [0, 0.1) is 5.82 Å². The highest BCUT2D eigenvalue weighted by Gasteiger charge is 2.08. The smallest absolute Gasteiger partial charge is 0.161 e. The number of rotatable bonds is 8. The van der Waals surface area contributed by atoms with E-state index in [1.807, 2.05) is 25.1 Å². The number of ether oxygens (including phenoxy) is 3. The molecule has 3 aromatic rings. The van der Waals surface area contributed by atoms with Gasteiger partial charge in [0.05, 0.1) is 24.4 Å². The van der Waals surface area contributed by atoms with Gasteiger partial charge in [-0.3, -0.25) is 4.99 Å². The van der Waals surface area contributed by atoms with Gasteiger partial charge < -0.3 is 14.2 Å². The zero-order chi connectivity index (χ0) is 20.6. The fourth-order valence-corrected chi connectivity index (χ4v) is 2.90. The first-order valence-electron chi connectivity index (χ1n) is 9.11. The number of methoxy groups -OCH3 is 1. The quantitative estimate of drug-likeness (QED) is 0.412. The summed E-state index contributed by atoms with van der Waals surface area (Å²) in [6, 6.07) is 17.3. The molecule has 0 fully saturated rings. The van der Waals surface area contributed by atoms with Gasteiger partial charge in [0.15, 0.2) is 11.5 Å². The molecule has 0 saturated heterocycles. The van der Waals surface area contributed by atoms with Crippen LogP contribution in [-0.2, 0) is 6.61 Å². The van der Waals surface area contributed by atoms with Crippen LogP contribution >= 0.6 is 11.6 Å². The summed E-state index contributed by atoms with van der Waals surface area (Å²) in [7, 11) is 1.56. The molecule has 0 spiro atoms. The van der Waals surface area contributed by atoms with Crippen molar-refractivity contribution in [3.8, 4) is 17.2 Å². The molecule has 6 heteroatoms. The molecule has 0 aromatic heterocycles.